The maximum atomic E-state index is 11.1. The van der Waals surface area contributed by atoms with Gasteiger partial charge in [0.25, 0.3) is 0 Å². The molecule has 0 aromatic heterocycles. The van der Waals surface area contributed by atoms with Gasteiger partial charge in [-0.3, -0.25) is 4.79 Å². The molecule has 0 radical (unpaired) electrons. The molecule has 3 heteroatoms. The molecule has 4 rings (SSSR count). The van der Waals surface area contributed by atoms with E-state index in [9.17, 15) is 4.79 Å². The van der Waals surface area contributed by atoms with Gasteiger partial charge in [0.15, 0.2) is 0 Å². The summed E-state index contributed by atoms with van der Waals surface area (Å²) in [5, 5.41) is 2.81. The molecule has 0 atom stereocenters. The molecule has 4 saturated carbocycles. The van der Waals surface area contributed by atoms with Crippen molar-refractivity contribution < 1.29 is 4.79 Å². The van der Waals surface area contributed by atoms with E-state index >= 15 is 0 Å². The lowest BCUT2D eigenvalue weighted by molar-refractivity contribution is -0.119. The van der Waals surface area contributed by atoms with Crippen LogP contribution in [0.4, 0.5) is 0 Å². The van der Waals surface area contributed by atoms with Crippen LogP contribution in [0.5, 0.6) is 0 Å². The highest BCUT2D eigenvalue weighted by molar-refractivity contribution is 5.77. The third-order valence-corrected chi connectivity index (χ3v) is 5.16. The Kier molecular flexibility index (Phi) is 3.18. The SMILES string of the molecule is NCC(=O)NC/C=C/C12CC3CC(CC(C3)C1)C2. The maximum absolute atomic E-state index is 11.1. The summed E-state index contributed by atoms with van der Waals surface area (Å²) in [6.45, 7) is 0.725. The minimum absolute atomic E-state index is 0.0647. The second-order valence-corrected chi connectivity index (χ2v) is 6.69. The van der Waals surface area contributed by atoms with E-state index in [1.165, 1.54) is 38.5 Å². The van der Waals surface area contributed by atoms with Crippen molar-refractivity contribution in [3.63, 3.8) is 0 Å². The summed E-state index contributed by atoms with van der Waals surface area (Å²) in [6, 6.07) is 0. The van der Waals surface area contributed by atoms with Crippen LogP contribution >= 0.6 is 0 Å². The van der Waals surface area contributed by atoms with E-state index in [4.69, 9.17) is 5.73 Å². The Morgan fingerprint density at radius 2 is 1.72 bits per heavy atom. The van der Waals surface area contributed by atoms with Crippen molar-refractivity contribution in [2.75, 3.05) is 13.1 Å². The Morgan fingerprint density at radius 1 is 1.17 bits per heavy atom. The Bertz CT molecular complexity index is 326. The van der Waals surface area contributed by atoms with E-state index in [-0.39, 0.29) is 12.5 Å². The quantitative estimate of drug-likeness (QED) is 0.746. The molecule has 4 aliphatic rings. The summed E-state index contributed by atoms with van der Waals surface area (Å²) in [4.78, 5) is 11.1. The molecule has 3 nitrogen and oxygen atoms in total. The van der Waals surface area contributed by atoms with Gasteiger partial charge in [0.05, 0.1) is 6.54 Å². The highest BCUT2D eigenvalue weighted by Gasteiger charge is 2.49. The zero-order valence-electron chi connectivity index (χ0n) is 11.0. The lowest BCUT2D eigenvalue weighted by Crippen LogP contribution is -2.45. The van der Waals surface area contributed by atoms with Crippen LogP contribution in [0.3, 0.4) is 0 Å². The van der Waals surface area contributed by atoms with Crippen LogP contribution in [0.2, 0.25) is 0 Å². The predicted molar refractivity (Wildman–Crippen MR) is 71.8 cm³/mol. The lowest BCUT2D eigenvalue weighted by atomic mass is 9.49. The summed E-state index contributed by atoms with van der Waals surface area (Å²) < 4.78 is 0. The zero-order valence-corrected chi connectivity index (χ0v) is 11.0. The second-order valence-electron chi connectivity index (χ2n) is 6.69. The van der Waals surface area contributed by atoms with Gasteiger partial charge in [0.2, 0.25) is 5.91 Å². The van der Waals surface area contributed by atoms with Gasteiger partial charge in [-0.1, -0.05) is 12.2 Å². The van der Waals surface area contributed by atoms with Gasteiger partial charge in [0.1, 0.15) is 0 Å². The number of carbonyl (C=O) groups excluding carboxylic acids is 1. The minimum atomic E-state index is -0.0647. The summed E-state index contributed by atoms with van der Waals surface area (Å²) in [5.41, 5.74) is 5.74. The monoisotopic (exact) mass is 248 g/mol. The molecule has 0 aliphatic heterocycles. The first kappa shape index (κ1) is 12.2. The van der Waals surface area contributed by atoms with E-state index in [0.29, 0.717) is 12.0 Å². The fourth-order valence-corrected chi connectivity index (χ4v) is 4.94. The Labute approximate surface area is 109 Å². The predicted octanol–water partition coefficient (Wildman–Crippen LogP) is 1.83. The number of allylic oxidation sites excluding steroid dienone is 1. The number of carbonyl (C=O) groups is 1. The summed E-state index contributed by atoms with van der Waals surface area (Å²) >= 11 is 0. The number of nitrogens with two attached hydrogens (primary N) is 1. The van der Waals surface area contributed by atoms with Crippen molar-refractivity contribution >= 4 is 5.91 Å². The van der Waals surface area contributed by atoms with E-state index in [0.717, 1.165) is 17.8 Å². The molecule has 3 N–H and O–H groups in total. The molecule has 0 spiro atoms. The molecular formula is C15H24N2O. The van der Waals surface area contributed by atoms with Crippen LogP contribution in [0.25, 0.3) is 0 Å². The number of nitrogens with one attached hydrogen (secondary N) is 1. The van der Waals surface area contributed by atoms with Gasteiger partial charge in [-0.15, -0.1) is 0 Å². The van der Waals surface area contributed by atoms with Gasteiger partial charge >= 0.3 is 0 Å². The first-order valence-electron chi connectivity index (χ1n) is 7.33. The van der Waals surface area contributed by atoms with Crippen LogP contribution in [0, 0.1) is 23.2 Å². The van der Waals surface area contributed by atoms with Gasteiger partial charge < -0.3 is 11.1 Å². The third kappa shape index (κ3) is 2.33. The Balaban J connectivity index is 1.58. The second kappa shape index (κ2) is 4.69. The summed E-state index contributed by atoms with van der Waals surface area (Å²) in [7, 11) is 0. The average molecular weight is 248 g/mol. The van der Waals surface area contributed by atoms with E-state index < -0.39 is 0 Å². The van der Waals surface area contributed by atoms with Crippen molar-refractivity contribution in [3.8, 4) is 0 Å². The molecule has 0 heterocycles. The van der Waals surface area contributed by atoms with Crippen LogP contribution < -0.4 is 11.1 Å². The molecule has 4 aliphatic carbocycles. The molecule has 0 unspecified atom stereocenters. The first-order chi connectivity index (χ1) is 8.69. The molecule has 0 saturated heterocycles. The van der Waals surface area contributed by atoms with Crippen LogP contribution in [0.1, 0.15) is 38.5 Å². The maximum Gasteiger partial charge on any atom is 0.233 e. The van der Waals surface area contributed by atoms with Crippen molar-refractivity contribution in [3.05, 3.63) is 12.2 Å². The topological polar surface area (TPSA) is 55.1 Å². The number of hydrogen-bond acceptors (Lipinski definition) is 2. The van der Waals surface area contributed by atoms with Gasteiger partial charge in [-0.2, -0.15) is 0 Å². The number of amides is 1. The van der Waals surface area contributed by atoms with Crippen molar-refractivity contribution in [2.45, 2.75) is 38.5 Å². The van der Waals surface area contributed by atoms with Crippen LogP contribution in [-0.2, 0) is 4.79 Å². The van der Waals surface area contributed by atoms with Gasteiger partial charge in [-0.25, -0.2) is 0 Å². The van der Waals surface area contributed by atoms with Crippen molar-refractivity contribution in [1.29, 1.82) is 0 Å². The number of rotatable bonds is 4. The average Bonchev–Trinajstić information content (AvgIpc) is 2.32. The molecule has 18 heavy (non-hydrogen) atoms. The standard InChI is InChI=1S/C15H24N2O/c16-10-14(18)17-3-1-2-15-7-11-4-12(8-15)6-13(5-11)9-15/h1-2,11-13H,3-10,16H2,(H,17,18)/b2-1+. The van der Waals surface area contributed by atoms with E-state index in [1.807, 2.05) is 0 Å². The van der Waals surface area contributed by atoms with Gasteiger partial charge in [-0.05, 0) is 61.7 Å². The summed E-state index contributed by atoms with van der Waals surface area (Å²) in [6.07, 6.45) is 13.2. The molecular weight excluding hydrogens is 224 g/mol. The molecule has 100 valence electrons. The largest absolute Gasteiger partial charge is 0.352 e. The summed E-state index contributed by atoms with van der Waals surface area (Å²) in [5.74, 6) is 2.89. The van der Waals surface area contributed by atoms with Crippen LogP contribution in [0.15, 0.2) is 12.2 Å². The fraction of sp³-hybridized carbons (Fsp3) is 0.800. The van der Waals surface area contributed by atoms with Crippen LogP contribution in [-0.4, -0.2) is 19.0 Å². The van der Waals surface area contributed by atoms with E-state index in [2.05, 4.69) is 17.5 Å². The van der Waals surface area contributed by atoms with Gasteiger partial charge in [0, 0.05) is 6.54 Å². The molecule has 1 amide bonds. The van der Waals surface area contributed by atoms with Crippen molar-refractivity contribution in [2.24, 2.45) is 28.9 Å². The molecule has 4 fully saturated rings. The molecule has 4 bridgehead atoms. The highest BCUT2D eigenvalue weighted by Crippen LogP contribution is 2.60. The third-order valence-electron chi connectivity index (χ3n) is 5.16. The normalized spacial score (nSPS) is 41.5. The fourth-order valence-electron chi connectivity index (χ4n) is 4.94. The van der Waals surface area contributed by atoms with Crippen molar-refractivity contribution in [1.82, 2.24) is 5.32 Å². The Hall–Kier alpha value is -0.830. The first-order valence-corrected chi connectivity index (χ1v) is 7.33. The highest BCUT2D eigenvalue weighted by atomic mass is 16.1. The number of hydrogen-bond donors (Lipinski definition) is 2. The molecule has 0 aromatic carbocycles. The Morgan fingerprint density at radius 3 is 2.22 bits per heavy atom. The lowest BCUT2D eigenvalue weighted by Gasteiger charge is -2.55. The zero-order chi connectivity index (χ0) is 12.6. The molecule has 0 aromatic rings. The smallest absolute Gasteiger partial charge is 0.233 e. The van der Waals surface area contributed by atoms with E-state index in [1.54, 1.807) is 0 Å². The minimum Gasteiger partial charge on any atom is -0.352 e.